The summed E-state index contributed by atoms with van der Waals surface area (Å²) in [7, 11) is 0. The standard InChI is InChI=1S/C48H52N4O9/c1-4-54-9-13-58-45-37-17-33(29-49)18-38(45)26-40-20-35(31-51)22-42(47(40)60-15-11-56-6-3)28-44-24-36(32-52)23-43(48(44)61-16-12-57-8-7-53)27-41-21-34(30-50)19-39(25-37)46(41)59-14-10-55-5-2/h17-24,53H,4-16,25-28H2,1-3H3. The van der Waals surface area contributed by atoms with Crippen LogP contribution in [0.2, 0.25) is 0 Å². The molecule has 0 heterocycles. The number of nitrogens with zero attached hydrogens (tertiary/aromatic N) is 4. The number of hydrogen-bond acceptors (Lipinski definition) is 13. The van der Waals surface area contributed by atoms with Crippen molar-refractivity contribution in [3.63, 3.8) is 0 Å². The van der Waals surface area contributed by atoms with Gasteiger partial charge >= 0.3 is 0 Å². The Kier molecular flexibility index (Phi) is 18.2. The molecule has 0 radical (unpaired) electrons. The lowest BCUT2D eigenvalue weighted by molar-refractivity contribution is 0.0701. The molecule has 0 amide bonds. The van der Waals surface area contributed by atoms with Gasteiger partial charge in [0.05, 0.1) is 86.2 Å². The highest BCUT2D eigenvalue weighted by atomic mass is 16.5. The summed E-state index contributed by atoms with van der Waals surface area (Å²) in [5, 5.41) is 50.9. The average Bonchev–Trinajstić information content (AvgIpc) is 3.27. The van der Waals surface area contributed by atoms with Gasteiger partial charge in [0.1, 0.15) is 49.4 Å². The van der Waals surface area contributed by atoms with Gasteiger partial charge < -0.3 is 43.0 Å². The van der Waals surface area contributed by atoms with Crippen LogP contribution in [0.1, 0.15) is 87.5 Å². The molecule has 0 saturated carbocycles. The molecule has 1 N–H and O–H groups in total. The molecule has 61 heavy (non-hydrogen) atoms. The molecule has 1 aliphatic rings. The zero-order valence-corrected chi connectivity index (χ0v) is 35.1. The predicted molar refractivity (Wildman–Crippen MR) is 225 cm³/mol. The number of hydrogen-bond donors (Lipinski definition) is 1. The lowest BCUT2D eigenvalue weighted by atomic mass is 9.88. The maximum absolute atomic E-state index is 10.4. The lowest BCUT2D eigenvalue weighted by Crippen LogP contribution is -2.14. The summed E-state index contributed by atoms with van der Waals surface area (Å²) in [4.78, 5) is 0. The minimum absolute atomic E-state index is 0.135. The number of benzene rings is 4. The van der Waals surface area contributed by atoms with Crippen molar-refractivity contribution in [3.05, 3.63) is 115 Å². The van der Waals surface area contributed by atoms with Crippen LogP contribution in [0.3, 0.4) is 0 Å². The zero-order chi connectivity index (χ0) is 43.4. The van der Waals surface area contributed by atoms with Gasteiger partial charge in [0.25, 0.3) is 0 Å². The maximum atomic E-state index is 10.4. The predicted octanol–water partition coefficient (Wildman–Crippen LogP) is 6.48. The first-order valence-corrected chi connectivity index (χ1v) is 20.6. The summed E-state index contributed by atoms with van der Waals surface area (Å²) in [6.07, 6.45) is 0.832. The van der Waals surface area contributed by atoms with E-state index in [0.717, 1.165) is 0 Å². The van der Waals surface area contributed by atoms with Crippen molar-refractivity contribution in [1.29, 1.82) is 21.0 Å². The van der Waals surface area contributed by atoms with E-state index in [2.05, 4.69) is 24.3 Å². The van der Waals surface area contributed by atoms with E-state index in [9.17, 15) is 26.2 Å². The van der Waals surface area contributed by atoms with Gasteiger partial charge in [0, 0.05) is 90.0 Å². The van der Waals surface area contributed by atoms with Crippen molar-refractivity contribution in [2.45, 2.75) is 46.5 Å². The highest BCUT2D eigenvalue weighted by Crippen LogP contribution is 2.40. The minimum Gasteiger partial charge on any atom is -0.491 e. The smallest absolute Gasteiger partial charge is 0.126 e. The average molecular weight is 829 g/mol. The molecule has 0 fully saturated rings. The van der Waals surface area contributed by atoms with Crippen molar-refractivity contribution in [2.75, 3.05) is 85.9 Å². The number of aliphatic hydroxyl groups is 1. The SMILES string of the molecule is CCOCCOc1c2cc(C#N)cc1Cc1cc(C#N)cc(c1OCCOCC)Cc1cc(C#N)cc(c1OCCOCCO)Cc1cc(C#N)cc(c1OCCOCC)C2. The van der Waals surface area contributed by atoms with E-state index in [4.69, 9.17) is 37.9 Å². The fraction of sp³-hybridized carbons (Fsp3) is 0.417. The number of aliphatic hydroxyl groups excluding tert-OH is 1. The van der Waals surface area contributed by atoms with Crippen LogP contribution in [0, 0.1) is 45.3 Å². The van der Waals surface area contributed by atoms with Gasteiger partial charge in [-0.05, 0) is 69.3 Å². The van der Waals surface area contributed by atoms with Crippen molar-refractivity contribution in [1.82, 2.24) is 0 Å². The van der Waals surface area contributed by atoms with Crippen LogP contribution in [0.4, 0.5) is 0 Å². The van der Waals surface area contributed by atoms with E-state index in [1.54, 1.807) is 48.5 Å². The molecule has 13 nitrogen and oxygen atoms in total. The Morgan fingerprint density at radius 1 is 0.377 bits per heavy atom. The topological polar surface area (TPSA) is 189 Å². The molecule has 0 atom stereocenters. The molecule has 318 valence electrons. The second-order valence-corrected chi connectivity index (χ2v) is 14.0. The van der Waals surface area contributed by atoms with Crippen molar-refractivity contribution in [2.24, 2.45) is 0 Å². The number of nitriles is 4. The van der Waals surface area contributed by atoms with Gasteiger partial charge in [0.2, 0.25) is 0 Å². The maximum Gasteiger partial charge on any atom is 0.126 e. The molecule has 5 rings (SSSR count). The van der Waals surface area contributed by atoms with Gasteiger partial charge in [0.15, 0.2) is 0 Å². The molecule has 4 aromatic rings. The number of ether oxygens (including phenoxy) is 8. The fourth-order valence-electron chi connectivity index (χ4n) is 7.30. The van der Waals surface area contributed by atoms with Gasteiger partial charge in [-0.2, -0.15) is 21.0 Å². The van der Waals surface area contributed by atoms with Crippen LogP contribution >= 0.6 is 0 Å². The Morgan fingerprint density at radius 2 is 0.607 bits per heavy atom. The Morgan fingerprint density at radius 3 is 0.803 bits per heavy atom. The molecule has 1 aliphatic carbocycles. The lowest BCUT2D eigenvalue weighted by Gasteiger charge is -2.23. The second kappa shape index (κ2) is 24.2. The van der Waals surface area contributed by atoms with Crippen LogP contribution in [0.15, 0.2) is 48.5 Å². The summed E-state index contributed by atoms with van der Waals surface area (Å²) in [5.74, 6) is 2.11. The van der Waals surface area contributed by atoms with Crippen LogP contribution < -0.4 is 18.9 Å². The van der Waals surface area contributed by atoms with E-state index in [1.807, 2.05) is 20.8 Å². The summed E-state index contributed by atoms with van der Waals surface area (Å²) in [5.41, 5.74) is 6.95. The normalized spacial score (nSPS) is 11.7. The van der Waals surface area contributed by atoms with Gasteiger partial charge in [-0.3, -0.25) is 0 Å². The molecule has 0 aliphatic heterocycles. The molecule has 0 saturated heterocycles. The monoisotopic (exact) mass is 828 g/mol. The van der Waals surface area contributed by atoms with Crippen LogP contribution in [-0.2, 0) is 44.6 Å². The molecule has 13 heteroatoms. The highest BCUT2D eigenvalue weighted by molar-refractivity contribution is 5.61. The summed E-state index contributed by atoms with van der Waals surface area (Å²) < 4.78 is 48.7. The van der Waals surface area contributed by atoms with E-state index < -0.39 is 0 Å². The number of fused-ring (bicyclic) bond motifs is 8. The molecule has 0 aromatic heterocycles. The van der Waals surface area contributed by atoms with Crippen molar-refractivity contribution in [3.8, 4) is 47.3 Å². The summed E-state index contributed by atoms with van der Waals surface area (Å²) >= 11 is 0. The third-order valence-electron chi connectivity index (χ3n) is 9.76. The molecule has 4 aromatic carbocycles. The van der Waals surface area contributed by atoms with Crippen molar-refractivity contribution >= 4 is 0 Å². The van der Waals surface area contributed by atoms with E-state index in [-0.39, 0.29) is 71.9 Å². The van der Waals surface area contributed by atoms with Crippen molar-refractivity contribution < 1.29 is 43.0 Å². The fourth-order valence-corrected chi connectivity index (χ4v) is 7.30. The van der Waals surface area contributed by atoms with Crippen LogP contribution in [-0.4, -0.2) is 91.0 Å². The summed E-state index contributed by atoms with van der Waals surface area (Å²) in [6.45, 7) is 9.22. The first-order valence-electron chi connectivity index (χ1n) is 20.6. The Hall–Kier alpha value is -6.16. The van der Waals surface area contributed by atoms with E-state index in [0.29, 0.717) is 129 Å². The van der Waals surface area contributed by atoms with Gasteiger partial charge in [-0.1, -0.05) is 0 Å². The highest BCUT2D eigenvalue weighted by Gasteiger charge is 2.25. The molecule has 8 bridgehead atoms. The quantitative estimate of drug-likeness (QED) is 0.0792. The Labute approximate surface area is 358 Å². The first kappa shape index (κ1) is 45.9. The second-order valence-electron chi connectivity index (χ2n) is 14.0. The third kappa shape index (κ3) is 12.7. The Balaban J connectivity index is 1.85. The molecular weight excluding hydrogens is 777 g/mol. The molecule has 0 unspecified atom stereocenters. The third-order valence-corrected chi connectivity index (χ3v) is 9.76. The Bertz CT molecular complexity index is 2160. The van der Waals surface area contributed by atoms with E-state index >= 15 is 0 Å². The number of rotatable bonds is 21. The first-order chi connectivity index (χ1) is 29.9. The zero-order valence-electron chi connectivity index (χ0n) is 35.1. The summed E-state index contributed by atoms with van der Waals surface area (Å²) in [6, 6.07) is 23.5. The minimum atomic E-state index is -0.136. The van der Waals surface area contributed by atoms with Crippen LogP contribution in [0.5, 0.6) is 23.0 Å². The van der Waals surface area contributed by atoms with Gasteiger partial charge in [-0.25, -0.2) is 0 Å². The molecule has 0 spiro atoms. The largest absolute Gasteiger partial charge is 0.491 e. The van der Waals surface area contributed by atoms with Gasteiger partial charge in [-0.15, -0.1) is 0 Å². The van der Waals surface area contributed by atoms with Crippen LogP contribution in [0.25, 0.3) is 0 Å². The molecular formula is C48H52N4O9. The van der Waals surface area contributed by atoms with E-state index in [1.165, 1.54) is 0 Å².